The van der Waals surface area contributed by atoms with Gasteiger partial charge in [-0.3, -0.25) is 9.89 Å². The lowest BCUT2D eigenvalue weighted by Crippen LogP contribution is -2.28. The number of halogens is 1. The second-order valence-electron chi connectivity index (χ2n) is 4.65. The minimum absolute atomic E-state index is 0.0450. The number of H-pyrrole nitrogens is 1. The van der Waals surface area contributed by atoms with Gasteiger partial charge in [-0.1, -0.05) is 18.2 Å². The molecule has 1 unspecified atom stereocenters. The predicted octanol–water partition coefficient (Wildman–Crippen LogP) is 2.82. The van der Waals surface area contributed by atoms with Crippen LogP contribution in [0.1, 0.15) is 34.9 Å². The number of benzene rings is 1. The average molecular weight is 336 g/mol. The van der Waals surface area contributed by atoms with Crippen molar-refractivity contribution in [1.29, 1.82) is 0 Å². The Morgan fingerprint density at radius 3 is 3.10 bits per heavy atom. The van der Waals surface area contributed by atoms with Crippen LogP contribution in [-0.2, 0) is 0 Å². The van der Waals surface area contributed by atoms with Gasteiger partial charge in [0.05, 0.1) is 23.3 Å². The highest BCUT2D eigenvalue weighted by Crippen LogP contribution is 2.31. The second kappa shape index (κ2) is 5.66. The highest BCUT2D eigenvalue weighted by atomic mass is 79.9. The quantitative estimate of drug-likeness (QED) is 0.886. The van der Waals surface area contributed by atoms with Gasteiger partial charge in [0.2, 0.25) is 0 Å². The summed E-state index contributed by atoms with van der Waals surface area (Å²) < 4.78 is 6.35. The van der Waals surface area contributed by atoms with E-state index in [1.807, 2.05) is 24.3 Å². The number of hydrogen-bond donors (Lipinski definition) is 2. The zero-order valence-corrected chi connectivity index (χ0v) is 12.3. The van der Waals surface area contributed by atoms with Crippen molar-refractivity contribution in [2.45, 2.75) is 18.9 Å². The third-order valence-electron chi connectivity index (χ3n) is 3.31. The van der Waals surface area contributed by atoms with Crippen LogP contribution >= 0.6 is 15.9 Å². The average Bonchev–Trinajstić information content (AvgIpc) is 2.78. The largest absolute Gasteiger partial charge is 0.493 e. The summed E-state index contributed by atoms with van der Waals surface area (Å²) in [6.07, 6.45) is 3.33. The van der Waals surface area contributed by atoms with E-state index in [4.69, 9.17) is 4.74 Å². The number of rotatable bonds is 2. The number of hydrogen-bond acceptors (Lipinski definition) is 3. The van der Waals surface area contributed by atoms with Gasteiger partial charge in [-0.05, 0) is 34.8 Å². The molecule has 104 valence electrons. The Bertz CT molecular complexity index is 626. The SMILES string of the molecule is O=C(NC1CCCOc2ccccc21)c1[nH]ncc1Br. The summed E-state index contributed by atoms with van der Waals surface area (Å²) in [4.78, 5) is 12.3. The Morgan fingerprint density at radius 1 is 1.45 bits per heavy atom. The number of nitrogens with one attached hydrogen (secondary N) is 2. The molecule has 2 aromatic rings. The van der Waals surface area contributed by atoms with Crippen LogP contribution in [0.5, 0.6) is 5.75 Å². The van der Waals surface area contributed by atoms with Crippen molar-refractivity contribution in [2.24, 2.45) is 0 Å². The molecule has 5 nitrogen and oxygen atoms in total. The molecule has 0 radical (unpaired) electrons. The molecule has 0 spiro atoms. The lowest BCUT2D eigenvalue weighted by molar-refractivity contribution is 0.0929. The van der Waals surface area contributed by atoms with E-state index in [-0.39, 0.29) is 11.9 Å². The zero-order valence-electron chi connectivity index (χ0n) is 10.7. The van der Waals surface area contributed by atoms with Crippen LogP contribution < -0.4 is 10.1 Å². The van der Waals surface area contributed by atoms with Gasteiger partial charge < -0.3 is 10.1 Å². The number of para-hydroxylation sites is 1. The van der Waals surface area contributed by atoms with E-state index >= 15 is 0 Å². The zero-order chi connectivity index (χ0) is 13.9. The molecule has 20 heavy (non-hydrogen) atoms. The highest BCUT2D eigenvalue weighted by Gasteiger charge is 2.23. The molecule has 1 aliphatic heterocycles. The van der Waals surface area contributed by atoms with Gasteiger partial charge in [0, 0.05) is 5.56 Å². The molecular formula is C14H14BrN3O2. The number of carbonyl (C=O) groups excluding carboxylic acids is 1. The maximum Gasteiger partial charge on any atom is 0.270 e. The number of fused-ring (bicyclic) bond motifs is 1. The van der Waals surface area contributed by atoms with Crippen LogP contribution in [0.2, 0.25) is 0 Å². The summed E-state index contributed by atoms with van der Waals surface area (Å²) in [6.45, 7) is 0.678. The molecule has 2 heterocycles. The molecule has 0 bridgehead atoms. The van der Waals surface area contributed by atoms with E-state index in [0.29, 0.717) is 16.8 Å². The smallest absolute Gasteiger partial charge is 0.270 e. The lowest BCUT2D eigenvalue weighted by atomic mass is 10.0. The number of aromatic amines is 1. The number of ether oxygens (including phenoxy) is 1. The van der Waals surface area contributed by atoms with Crippen LogP contribution in [0.3, 0.4) is 0 Å². The molecule has 6 heteroatoms. The van der Waals surface area contributed by atoms with E-state index in [0.717, 1.165) is 24.2 Å². The Balaban J connectivity index is 1.84. The molecule has 0 fully saturated rings. The second-order valence-corrected chi connectivity index (χ2v) is 5.50. The standard InChI is InChI=1S/C14H14BrN3O2/c15-10-8-16-18-13(10)14(19)17-11-5-3-7-20-12-6-2-1-4-9(11)12/h1-2,4,6,8,11H,3,5,7H2,(H,16,18)(H,17,19). The molecule has 1 aromatic heterocycles. The Hall–Kier alpha value is -1.82. The first-order valence-corrected chi connectivity index (χ1v) is 7.26. The van der Waals surface area contributed by atoms with Crippen molar-refractivity contribution >= 4 is 21.8 Å². The van der Waals surface area contributed by atoms with Crippen LogP contribution in [-0.4, -0.2) is 22.7 Å². The van der Waals surface area contributed by atoms with Crippen molar-refractivity contribution in [3.63, 3.8) is 0 Å². The topological polar surface area (TPSA) is 67.0 Å². The lowest BCUT2D eigenvalue weighted by Gasteiger charge is -2.17. The van der Waals surface area contributed by atoms with Crippen molar-refractivity contribution in [3.8, 4) is 5.75 Å². The van der Waals surface area contributed by atoms with E-state index in [9.17, 15) is 4.79 Å². The molecule has 1 atom stereocenters. The van der Waals surface area contributed by atoms with Gasteiger partial charge in [-0.15, -0.1) is 0 Å². The first-order chi connectivity index (χ1) is 9.75. The normalized spacial score (nSPS) is 17.8. The molecule has 1 aliphatic rings. The third kappa shape index (κ3) is 2.56. The maximum absolute atomic E-state index is 12.3. The van der Waals surface area contributed by atoms with Gasteiger partial charge in [0.15, 0.2) is 0 Å². The van der Waals surface area contributed by atoms with Gasteiger partial charge in [-0.2, -0.15) is 5.10 Å². The molecule has 0 saturated carbocycles. The molecule has 1 amide bonds. The van der Waals surface area contributed by atoms with E-state index in [1.54, 1.807) is 6.20 Å². The van der Waals surface area contributed by atoms with Crippen molar-refractivity contribution in [1.82, 2.24) is 15.5 Å². The molecule has 0 saturated heterocycles. The first kappa shape index (κ1) is 13.2. The molecule has 3 rings (SSSR count). The van der Waals surface area contributed by atoms with Gasteiger partial charge in [-0.25, -0.2) is 0 Å². The maximum atomic E-state index is 12.3. The molecule has 1 aromatic carbocycles. The summed E-state index contributed by atoms with van der Waals surface area (Å²) in [6, 6.07) is 7.78. The predicted molar refractivity (Wildman–Crippen MR) is 77.7 cm³/mol. The third-order valence-corrected chi connectivity index (χ3v) is 3.92. The number of aromatic nitrogens is 2. The van der Waals surface area contributed by atoms with Crippen LogP contribution in [0, 0.1) is 0 Å². The van der Waals surface area contributed by atoms with Gasteiger partial charge >= 0.3 is 0 Å². The summed E-state index contributed by atoms with van der Waals surface area (Å²) in [5, 5.41) is 9.57. The fraction of sp³-hybridized carbons (Fsp3) is 0.286. The minimum atomic E-state index is -0.170. The fourth-order valence-electron chi connectivity index (χ4n) is 2.34. The highest BCUT2D eigenvalue weighted by molar-refractivity contribution is 9.10. The summed E-state index contributed by atoms with van der Waals surface area (Å²) in [7, 11) is 0. The van der Waals surface area contributed by atoms with E-state index in [2.05, 4.69) is 31.4 Å². The Morgan fingerprint density at radius 2 is 2.30 bits per heavy atom. The number of amides is 1. The van der Waals surface area contributed by atoms with Crippen molar-refractivity contribution < 1.29 is 9.53 Å². The minimum Gasteiger partial charge on any atom is -0.493 e. The Labute approximate surface area is 124 Å². The van der Waals surface area contributed by atoms with Gasteiger partial charge in [0.1, 0.15) is 11.4 Å². The van der Waals surface area contributed by atoms with Crippen molar-refractivity contribution in [3.05, 3.63) is 46.2 Å². The fourth-order valence-corrected chi connectivity index (χ4v) is 2.71. The van der Waals surface area contributed by atoms with Crippen LogP contribution in [0.25, 0.3) is 0 Å². The summed E-state index contributed by atoms with van der Waals surface area (Å²) >= 11 is 3.30. The molecule has 0 aliphatic carbocycles. The number of carbonyl (C=O) groups is 1. The van der Waals surface area contributed by atoms with E-state index < -0.39 is 0 Å². The van der Waals surface area contributed by atoms with Crippen molar-refractivity contribution in [2.75, 3.05) is 6.61 Å². The summed E-state index contributed by atoms with van der Waals surface area (Å²) in [5.41, 5.74) is 1.46. The van der Waals surface area contributed by atoms with E-state index in [1.165, 1.54) is 0 Å². The molecule has 2 N–H and O–H groups in total. The Kier molecular flexibility index (Phi) is 3.73. The van der Waals surface area contributed by atoms with Gasteiger partial charge in [0.25, 0.3) is 5.91 Å². The monoisotopic (exact) mass is 335 g/mol. The number of nitrogens with zero attached hydrogens (tertiary/aromatic N) is 1. The molecular weight excluding hydrogens is 322 g/mol. The van der Waals surface area contributed by atoms with Crippen LogP contribution in [0.4, 0.5) is 0 Å². The summed E-state index contributed by atoms with van der Waals surface area (Å²) in [5.74, 6) is 0.676. The first-order valence-electron chi connectivity index (χ1n) is 6.47. The van der Waals surface area contributed by atoms with Crippen LogP contribution in [0.15, 0.2) is 34.9 Å².